The molecule has 21 heavy (non-hydrogen) atoms. The van der Waals surface area contributed by atoms with Crippen LogP contribution in [0.15, 0.2) is 0 Å². The molecule has 0 aromatic carbocycles. The van der Waals surface area contributed by atoms with E-state index in [1.54, 1.807) is 0 Å². The van der Waals surface area contributed by atoms with Gasteiger partial charge in [0, 0.05) is 6.04 Å². The van der Waals surface area contributed by atoms with E-state index in [4.69, 9.17) is 12.2 Å². The van der Waals surface area contributed by atoms with Crippen LogP contribution < -0.4 is 5.32 Å². The summed E-state index contributed by atoms with van der Waals surface area (Å²) in [6.07, 6.45) is 6.53. The molecule has 2 aliphatic carbocycles. The maximum absolute atomic E-state index is 12.4. The van der Waals surface area contributed by atoms with Crippen LogP contribution in [0.1, 0.15) is 56.8 Å². The summed E-state index contributed by atoms with van der Waals surface area (Å²) in [5.74, 6) is 0.584. The van der Waals surface area contributed by atoms with Gasteiger partial charge >= 0.3 is 0 Å². The highest BCUT2D eigenvalue weighted by Crippen LogP contribution is 2.37. The van der Waals surface area contributed by atoms with Crippen molar-refractivity contribution in [2.75, 3.05) is 0 Å². The highest BCUT2D eigenvalue weighted by molar-refractivity contribution is 7.71. The smallest absolute Gasteiger partial charge is 0.240 e. The molecule has 3 rings (SSSR count). The van der Waals surface area contributed by atoms with E-state index < -0.39 is 5.41 Å². The third-order valence-electron chi connectivity index (χ3n) is 4.45. The van der Waals surface area contributed by atoms with E-state index in [1.807, 2.05) is 4.57 Å². The largest absolute Gasteiger partial charge is 0.347 e. The zero-order chi connectivity index (χ0) is 14.9. The molecular weight excluding hydrogens is 286 g/mol. The molecule has 2 fully saturated rings. The van der Waals surface area contributed by atoms with Crippen molar-refractivity contribution in [3.63, 3.8) is 0 Å². The second-order valence-corrected chi connectivity index (χ2v) is 6.37. The Morgan fingerprint density at radius 2 is 2.19 bits per heavy atom. The third kappa shape index (κ3) is 2.72. The summed E-state index contributed by atoms with van der Waals surface area (Å²) in [7, 11) is 0. The van der Waals surface area contributed by atoms with E-state index in [2.05, 4.69) is 21.6 Å². The van der Waals surface area contributed by atoms with Gasteiger partial charge in [0.2, 0.25) is 5.91 Å². The van der Waals surface area contributed by atoms with Crippen LogP contribution in [0.2, 0.25) is 0 Å². The van der Waals surface area contributed by atoms with Gasteiger partial charge in [0.1, 0.15) is 5.41 Å². The van der Waals surface area contributed by atoms with Gasteiger partial charge in [-0.25, -0.2) is 0 Å². The highest BCUT2D eigenvalue weighted by Gasteiger charge is 2.39. The minimum absolute atomic E-state index is 0.166. The Labute approximate surface area is 128 Å². The van der Waals surface area contributed by atoms with Crippen molar-refractivity contribution < 1.29 is 4.79 Å². The van der Waals surface area contributed by atoms with Crippen molar-refractivity contribution in [3.8, 4) is 6.07 Å². The zero-order valence-electron chi connectivity index (χ0n) is 11.9. The number of H-pyrrole nitrogens is 1. The normalized spacial score (nSPS) is 20.7. The van der Waals surface area contributed by atoms with E-state index in [0.717, 1.165) is 37.9 Å². The zero-order valence-corrected chi connectivity index (χ0v) is 12.7. The Kier molecular flexibility index (Phi) is 3.81. The van der Waals surface area contributed by atoms with Crippen molar-refractivity contribution in [2.24, 2.45) is 5.41 Å². The molecule has 0 aliphatic heterocycles. The Balaban J connectivity index is 1.68. The molecule has 0 bridgehead atoms. The quantitative estimate of drug-likeness (QED) is 0.836. The molecule has 112 valence electrons. The van der Waals surface area contributed by atoms with Crippen molar-refractivity contribution in [1.29, 1.82) is 5.26 Å². The number of rotatable bonds is 4. The Morgan fingerprint density at radius 3 is 2.81 bits per heavy atom. The summed E-state index contributed by atoms with van der Waals surface area (Å²) < 4.78 is 2.59. The second kappa shape index (κ2) is 5.60. The van der Waals surface area contributed by atoms with Crippen LogP contribution in [0.5, 0.6) is 0 Å². The van der Waals surface area contributed by atoms with Crippen molar-refractivity contribution in [3.05, 3.63) is 10.6 Å². The van der Waals surface area contributed by atoms with Crippen LogP contribution in [0, 0.1) is 21.5 Å². The molecule has 0 atom stereocenters. The summed E-state index contributed by atoms with van der Waals surface area (Å²) in [6.45, 7) is 0.325. The molecule has 1 amide bonds. The van der Waals surface area contributed by atoms with E-state index in [-0.39, 0.29) is 5.91 Å². The van der Waals surface area contributed by atoms with Crippen molar-refractivity contribution in [2.45, 2.75) is 57.5 Å². The lowest BCUT2D eigenvalue weighted by atomic mass is 9.74. The summed E-state index contributed by atoms with van der Waals surface area (Å²) in [5, 5.41) is 19.3. The average molecular weight is 305 g/mol. The number of carbonyl (C=O) groups is 1. The first kappa shape index (κ1) is 14.3. The SMILES string of the molecule is N#CC1(C(=O)NCc2n[nH]c(=S)n2C2CC2)CCCCC1. The fraction of sp³-hybridized carbons (Fsp3) is 0.714. The average Bonchev–Trinajstić information content (AvgIpc) is 3.28. The van der Waals surface area contributed by atoms with E-state index in [0.29, 0.717) is 30.2 Å². The number of amides is 1. The number of nitrogens with one attached hydrogen (secondary N) is 2. The van der Waals surface area contributed by atoms with Crippen molar-refractivity contribution in [1.82, 2.24) is 20.1 Å². The summed E-state index contributed by atoms with van der Waals surface area (Å²) in [6, 6.07) is 2.66. The molecule has 7 heteroatoms. The van der Waals surface area contributed by atoms with Crippen molar-refractivity contribution >= 4 is 18.1 Å². The number of aromatic amines is 1. The maximum atomic E-state index is 12.4. The number of hydrogen-bond acceptors (Lipinski definition) is 4. The molecule has 2 saturated carbocycles. The van der Waals surface area contributed by atoms with Gasteiger partial charge in [-0.2, -0.15) is 10.4 Å². The summed E-state index contributed by atoms with van der Waals surface area (Å²) in [4.78, 5) is 12.4. The first-order valence-corrected chi connectivity index (χ1v) is 7.92. The first-order valence-electron chi connectivity index (χ1n) is 7.52. The highest BCUT2D eigenvalue weighted by atomic mass is 32.1. The van der Waals surface area contributed by atoms with E-state index >= 15 is 0 Å². The minimum Gasteiger partial charge on any atom is -0.347 e. The first-order chi connectivity index (χ1) is 10.2. The monoisotopic (exact) mass is 305 g/mol. The topological polar surface area (TPSA) is 86.5 Å². The van der Waals surface area contributed by atoms with Gasteiger partial charge in [-0.1, -0.05) is 19.3 Å². The van der Waals surface area contributed by atoms with Gasteiger partial charge in [-0.05, 0) is 37.9 Å². The van der Waals surface area contributed by atoms with Crippen LogP contribution >= 0.6 is 12.2 Å². The van der Waals surface area contributed by atoms with Gasteiger partial charge in [0.05, 0.1) is 12.6 Å². The molecule has 0 saturated heterocycles. The van der Waals surface area contributed by atoms with Crippen LogP contribution in [0.4, 0.5) is 0 Å². The molecule has 2 N–H and O–H groups in total. The summed E-state index contributed by atoms with van der Waals surface area (Å²) >= 11 is 5.22. The van der Waals surface area contributed by atoms with Gasteiger partial charge < -0.3 is 5.32 Å². The fourth-order valence-corrected chi connectivity index (χ4v) is 3.34. The predicted molar refractivity (Wildman–Crippen MR) is 78.7 cm³/mol. The lowest BCUT2D eigenvalue weighted by Crippen LogP contribution is -2.41. The maximum Gasteiger partial charge on any atom is 0.240 e. The standard InChI is InChI=1S/C14H19N5OS/c15-9-14(6-2-1-3-7-14)12(20)16-8-11-17-18-13(21)19(11)10-4-5-10/h10H,1-8H2,(H,16,20)(H,18,21). The number of hydrogen-bond donors (Lipinski definition) is 2. The molecule has 6 nitrogen and oxygen atoms in total. The molecule has 1 aromatic rings. The molecule has 2 aliphatic rings. The van der Waals surface area contributed by atoms with Gasteiger partial charge in [-0.15, -0.1) is 0 Å². The van der Waals surface area contributed by atoms with Crippen LogP contribution in [0.25, 0.3) is 0 Å². The number of carbonyl (C=O) groups excluding carboxylic acids is 1. The number of nitrogens with zero attached hydrogens (tertiary/aromatic N) is 3. The number of aromatic nitrogens is 3. The Bertz CT molecular complexity index is 631. The van der Waals surface area contributed by atoms with Gasteiger partial charge in [0.25, 0.3) is 0 Å². The molecule has 1 heterocycles. The third-order valence-corrected chi connectivity index (χ3v) is 4.74. The second-order valence-electron chi connectivity index (χ2n) is 5.98. The van der Waals surface area contributed by atoms with E-state index in [1.165, 1.54) is 0 Å². The predicted octanol–water partition coefficient (Wildman–Crippen LogP) is 2.37. The molecule has 0 radical (unpaired) electrons. The number of nitriles is 1. The minimum atomic E-state index is -0.851. The molecule has 0 unspecified atom stereocenters. The molecule has 1 aromatic heterocycles. The molecule has 0 spiro atoms. The Morgan fingerprint density at radius 1 is 1.48 bits per heavy atom. The summed E-state index contributed by atoms with van der Waals surface area (Å²) in [5.41, 5.74) is -0.851. The van der Waals surface area contributed by atoms with Crippen LogP contribution in [-0.4, -0.2) is 20.7 Å². The van der Waals surface area contributed by atoms with Gasteiger partial charge in [0.15, 0.2) is 10.6 Å². The Hall–Kier alpha value is -1.68. The van der Waals surface area contributed by atoms with E-state index in [9.17, 15) is 10.1 Å². The van der Waals surface area contributed by atoms with Crippen LogP contribution in [-0.2, 0) is 11.3 Å². The lowest BCUT2D eigenvalue weighted by molar-refractivity contribution is -0.129. The lowest BCUT2D eigenvalue weighted by Gasteiger charge is -2.29. The molecular formula is C14H19N5OS. The fourth-order valence-electron chi connectivity index (χ4n) is 3.04. The van der Waals surface area contributed by atoms with Crippen LogP contribution in [0.3, 0.4) is 0 Å². The van der Waals surface area contributed by atoms with Gasteiger partial charge in [-0.3, -0.25) is 14.5 Å².